The first-order valence-corrected chi connectivity index (χ1v) is 9.15. The molecule has 8 heteroatoms. The molecule has 0 aromatic carbocycles. The van der Waals surface area contributed by atoms with Gasteiger partial charge in [-0.3, -0.25) is 4.79 Å². The maximum Gasteiger partial charge on any atom is 0.232 e. The van der Waals surface area contributed by atoms with Crippen molar-refractivity contribution in [3.8, 4) is 11.4 Å². The fourth-order valence-electron chi connectivity index (χ4n) is 3.55. The van der Waals surface area contributed by atoms with Gasteiger partial charge in [0.15, 0.2) is 0 Å². The zero-order valence-electron chi connectivity index (χ0n) is 15.3. The van der Waals surface area contributed by atoms with Gasteiger partial charge in [-0.15, -0.1) is 0 Å². The number of hydrogen-bond acceptors (Lipinski definition) is 7. The molecule has 1 amide bonds. The molecule has 1 atom stereocenters. The van der Waals surface area contributed by atoms with Crippen LogP contribution in [0.25, 0.3) is 11.4 Å². The van der Waals surface area contributed by atoms with E-state index in [1.165, 1.54) is 0 Å². The minimum Gasteiger partial charge on any atom is -0.354 e. The van der Waals surface area contributed by atoms with E-state index in [1.54, 1.807) is 18.1 Å². The Morgan fingerprint density at radius 3 is 2.65 bits per heavy atom. The number of piperazine rings is 1. The first kappa shape index (κ1) is 17.0. The first-order chi connectivity index (χ1) is 12.6. The maximum absolute atomic E-state index is 11.7. The number of carbonyl (C=O) groups excluding carboxylic acids is 1. The molecule has 2 fully saturated rings. The Hall–Kier alpha value is -2.48. The molecule has 4 heterocycles. The lowest BCUT2D eigenvalue weighted by molar-refractivity contribution is -0.126. The summed E-state index contributed by atoms with van der Waals surface area (Å²) in [5.41, 5.74) is 0.827. The van der Waals surface area contributed by atoms with Crippen LogP contribution in [0, 0.1) is 0 Å². The van der Waals surface area contributed by atoms with E-state index in [0.29, 0.717) is 24.7 Å². The standard InChI is InChI=1S/C18H24N6O2/c1-3-23-6-8-24(9-7-23)15-5-4-13(11-19-15)17-20-18(26-21-17)14-10-16(25)22(2)12-14/h4-5,11,14H,3,6-10,12H2,1-2H3. The molecule has 0 aliphatic carbocycles. The Bertz CT molecular complexity index is 766. The lowest BCUT2D eigenvalue weighted by Gasteiger charge is -2.34. The van der Waals surface area contributed by atoms with Crippen molar-refractivity contribution < 1.29 is 9.32 Å². The van der Waals surface area contributed by atoms with E-state index >= 15 is 0 Å². The molecule has 2 aromatic heterocycles. The molecule has 26 heavy (non-hydrogen) atoms. The highest BCUT2D eigenvalue weighted by molar-refractivity contribution is 5.79. The number of hydrogen-bond donors (Lipinski definition) is 0. The number of likely N-dealkylation sites (tertiary alicyclic amines) is 1. The van der Waals surface area contributed by atoms with Crippen molar-refractivity contribution in [2.75, 3.05) is 51.2 Å². The van der Waals surface area contributed by atoms with E-state index in [4.69, 9.17) is 4.52 Å². The largest absolute Gasteiger partial charge is 0.354 e. The first-order valence-electron chi connectivity index (χ1n) is 9.15. The van der Waals surface area contributed by atoms with E-state index in [1.807, 2.05) is 12.1 Å². The molecule has 0 spiro atoms. The van der Waals surface area contributed by atoms with Crippen molar-refractivity contribution in [3.63, 3.8) is 0 Å². The number of amides is 1. The van der Waals surface area contributed by atoms with Crippen LogP contribution in [0.1, 0.15) is 25.2 Å². The Morgan fingerprint density at radius 2 is 2.04 bits per heavy atom. The van der Waals surface area contributed by atoms with Gasteiger partial charge in [0.05, 0.1) is 5.92 Å². The summed E-state index contributed by atoms with van der Waals surface area (Å²) in [5.74, 6) is 2.13. The summed E-state index contributed by atoms with van der Waals surface area (Å²) >= 11 is 0. The van der Waals surface area contributed by atoms with Crippen molar-refractivity contribution >= 4 is 11.7 Å². The Morgan fingerprint density at radius 1 is 1.23 bits per heavy atom. The molecule has 2 aromatic rings. The topological polar surface area (TPSA) is 78.6 Å². The third-order valence-corrected chi connectivity index (χ3v) is 5.28. The van der Waals surface area contributed by atoms with Gasteiger partial charge in [0.1, 0.15) is 5.82 Å². The van der Waals surface area contributed by atoms with Gasteiger partial charge in [-0.25, -0.2) is 4.98 Å². The second-order valence-electron chi connectivity index (χ2n) is 6.96. The molecular formula is C18H24N6O2. The highest BCUT2D eigenvalue weighted by atomic mass is 16.5. The lowest BCUT2D eigenvalue weighted by Crippen LogP contribution is -2.46. The van der Waals surface area contributed by atoms with Gasteiger partial charge in [-0.05, 0) is 18.7 Å². The average Bonchev–Trinajstić information content (AvgIpc) is 3.29. The number of nitrogens with zero attached hydrogens (tertiary/aromatic N) is 6. The SMILES string of the molecule is CCN1CCN(c2ccc(-c3noc(C4CC(=O)N(C)C4)n3)cn2)CC1. The molecule has 2 saturated heterocycles. The van der Waals surface area contributed by atoms with Crippen LogP contribution in [0.15, 0.2) is 22.9 Å². The second-order valence-corrected chi connectivity index (χ2v) is 6.96. The molecule has 0 N–H and O–H groups in total. The predicted molar refractivity (Wildman–Crippen MR) is 96.9 cm³/mol. The average molecular weight is 356 g/mol. The van der Waals surface area contributed by atoms with Crippen LogP contribution in [0.4, 0.5) is 5.82 Å². The summed E-state index contributed by atoms with van der Waals surface area (Å²) in [6.45, 7) is 8.06. The van der Waals surface area contributed by atoms with Crippen LogP contribution in [-0.2, 0) is 4.79 Å². The van der Waals surface area contributed by atoms with E-state index in [0.717, 1.165) is 44.1 Å². The van der Waals surface area contributed by atoms with E-state index in [9.17, 15) is 4.79 Å². The Balaban J connectivity index is 1.44. The molecular weight excluding hydrogens is 332 g/mol. The molecule has 2 aliphatic heterocycles. The smallest absolute Gasteiger partial charge is 0.232 e. The molecule has 8 nitrogen and oxygen atoms in total. The minimum atomic E-state index is -0.0177. The van der Waals surface area contributed by atoms with E-state index in [-0.39, 0.29) is 11.8 Å². The molecule has 2 aliphatic rings. The van der Waals surface area contributed by atoms with Crippen molar-refractivity contribution in [1.82, 2.24) is 24.9 Å². The molecule has 0 radical (unpaired) electrons. The molecule has 0 bridgehead atoms. The van der Waals surface area contributed by atoms with Gasteiger partial charge in [0.2, 0.25) is 17.6 Å². The minimum absolute atomic E-state index is 0.0177. The van der Waals surface area contributed by atoms with Gasteiger partial charge >= 0.3 is 0 Å². The van der Waals surface area contributed by atoms with Crippen LogP contribution >= 0.6 is 0 Å². The molecule has 0 saturated carbocycles. The number of anilines is 1. The zero-order chi connectivity index (χ0) is 18.1. The van der Waals surface area contributed by atoms with Crippen LogP contribution in [-0.4, -0.2) is 77.1 Å². The third-order valence-electron chi connectivity index (χ3n) is 5.28. The fraction of sp³-hybridized carbons (Fsp3) is 0.556. The van der Waals surface area contributed by atoms with Gasteiger partial charge in [0.25, 0.3) is 0 Å². The van der Waals surface area contributed by atoms with Gasteiger partial charge < -0.3 is 19.2 Å². The summed E-state index contributed by atoms with van der Waals surface area (Å²) in [4.78, 5) is 27.2. The summed E-state index contributed by atoms with van der Waals surface area (Å²) in [5, 5.41) is 4.07. The predicted octanol–water partition coefficient (Wildman–Crippen LogP) is 1.22. The van der Waals surface area contributed by atoms with Crippen molar-refractivity contribution in [2.45, 2.75) is 19.3 Å². The summed E-state index contributed by atoms with van der Waals surface area (Å²) in [6.07, 6.45) is 2.22. The Labute approximate surface area is 152 Å². The number of likely N-dealkylation sites (N-methyl/N-ethyl adjacent to an activating group) is 2. The number of pyridine rings is 1. The van der Waals surface area contributed by atoms with E-state index < -0.39 is 0 Å². The van der Waals surface area contributed by atoms with Crippen molar-refractivity contribution in [3.05, 3.63) is 24.2 Å². The van der Waals surface area contributed by atoms with Crippen molar-refractivity contribution in [2.24, 2.45) is 0 Å². The second kappa shape index (κ2) is 7.03. The molecule has 4 rings (SSSR count). The van der Waals surface area contributed by atoms with Gasteiger partial charge in [0, 0.05) is 58.0 Å². The highest BCUT2D eigenvalue weighted by Gasteiger charge is 2.32. The third kappa shape index (κ3) is 3.29. The molecule has 138 valence electrons. The van der Waals surface area contributed by atoms with Crippen molar-refractivity contribution in [1.29, 1.82) is 0 Å². The monoisotopic (exact) mass is 356 g/mol. The van der Waals surface area contributed by atoms with Gasteiger partial charge in [-0.1, -0.05) is 12.1 Å². The van der Waals surface area contributed by atoms with Crippen LogP contribution in [0.5, 0.6) is 0 Å². The lowest BCUT2D eigenvalue weighted by atomic mass is 10.1. The summed E-state index contributed by atoms with van der Waals surface area (Å²) in [6, 6.07) is 3.99. The zero-order valence-corrected chi connectivity index (χ0v) is 15.3. The van der Waals surface area contributed by atoms with Crippen LogP contribution < -0.4 is 4.90 Å². The number of aromatic nitrogens is 3. The summed E-state index contributed by atoms with van der Waals surface area (Å²) < 4.78 is 5.39. The molecule has 1 unspecified atom stereocenters. The summed E-state index contributed by atoms with van der Waals surface area (Å²) in [7, 11) is 1.79. The normalized spacial score (nSPS) is 21.6. The number of carbonyl (C=O) groups is 1. The fourth-order valence-corrected chi connectivity index (χ4v) is 3.55. The highest BCUT2D eigenvalue weighted by Crippen LogP contribution is 2.28. The number of rotatable bonds is 4. The van der Waals surface area contributed by atoms with Crippen LogP contribution in [0.3, 0.4) is 0 Å². The van der Waals surface area contributed by atoms with Crippen LogP contribution in [0.2, 0.25) is 0 Å². The maximum atomic E-state index is 11.7. The van der Waals surface area contributed by atoms with E-state index in [2.05, 4.69) is 31.8 Å². The Kier molecular flexibility index (Phi) is 4.58. The van der Waals surface area contributed by atoms with Gasteiger partial charge in [-0.2, -0.15) is 4.98 Å². The quantitative estimate of drug-likeness (QED) is 0.815.